The summed E-state index contributed by atoms with van der Waals surface area (Å²) in [6.07, 6.45) is 3.00. The molecule has 1 aliphatic heterocycles. The molecule has 4 heteroatoms. The number of halogens is 1. The molecule has 3 nitrogen and oxygen atoms in total. The monoisotopic (exact) mass is 393 g/mol. The molecule has 3 aromatic rings. The molecule has 0 saturated heterocycles. The lowest BCUT2D eigenvalue weighted by atomic mass is 9.80. The normalized spacial score (nSPS) is 15.7. The molecule has 0 atom stereocenters. The molecular formula is C21H20BrN3. The van der Waals surface area contributed by atoms with Crippen LogP contribution in [0.1, 0.15) is 43.5 Å². The van der Waals surface area contributed by atoms with Gasteiger partial charge in [-0.25, -0.2) is 0 Å². The Hall–Kier alpha value is -2.07. The average Bonchev–Trinajstić information content (AvgIpc) is 2.66. The second-order valence-corrected chi connectivity index (χ2v) is 7.57. The van der Waals surface area contributed by atoms with Crippen LogP contribution in [0.4, 0.5) is 0 Å². The van der Waals surface area contributed by atoms with Crippen molar-refractivity contribution in [1.82, 2.24) is 10.2 Å². The second kappa shape index (κ2) is 6.34. The maximum absolute atomic E-state index is 5.20. The highest BCUT2D eigenvalue weighted by molar-refractivity contribution is 9.10. The standard InChI is InChI=1S/C21H20BrN3/c1-3-21(4-2)13-15-11-16(22)9-10-17(15)20(23-21)19-12-14-7-5-6-8-18(14)24-25-19/h5-12H,3-4,13H2,1-2H3. The number of rotatable bonds is 3. The minimum atomic E-state index is -0.0591. The van der Waals surface area contributed by atoms with E-state index in [1.165, 1.54) is 11.1 Å². The van der Waals surface area contributed by atoms with Crippen LogP contribution in [0.5, 0.6) is 0 Å². The molecule has 0 amide bonds. The Morgan fingerprint density at radius 3 is 2.60 bits per heavy atom. The van der Waals surface area contributed by atoms with Crippen LogP contribution in [-0.4, -0.2) is 21.4 Å². The molecule has 0 bridgehead atoms. The molecule has 126 valence electrons. The first-order valence-electron chi connectivity index (χ1n) is 8.75. The molecule has 0 fully saturated rings. The van der Waals surface area contributed by atoms with E-state index < -0.39 is 0 Å². The fourth-order valence-corrected chi connectivity index (χ4v) is 3.99. The van der Waals surface area contributed by atoms with Gasteiger partial charge in [-0.15, -0.1) is 10.2 Å². The smallest absolute Gasteiger partial charge is 0.112 e. The van der Waals surface area contributed by atoms with E-state index in [0.717, 1.165) is 46.0 Å². The number of aromatic nitrogens is 2. The highest BCUT2D eigenvalue weighted by atomic mass is 79.9. The Labute approximate surface area is 156 Å². The van der Waals surface area contributed by atoms with Crippen molar-refractivity contribution in [2.24, 2.45) is 4.99 Å². The van der Waals surface area contributed by atoms with Crippen LogP contribution in [0.3, 0.4) is 0 Å². The molecule has 1 aliphatic rings. The Balaban J connectivity index is 1.94. The summed E-state index contributed by atoms with van der Waals surface area (Å²) in [7, 11) is 0. The van der Waals surface area contributed by atoms with Crippen LogP contribution in [0.25, 0.3) is 10.9 Å². The molecule has 2 heterocycles. The van der Waals surface area contributed by atoms with E-state index in [9.17, 15) is 0 Å². The summed E-state index contributed by atoms with van der Waals surface area (Å²) in [4.78, 5) is 5.20. The molecule has 0 unspecified atom stereocenters. The summed E-state index contributed by atoms with van der Waals surface area (Å²) < 4.78 is 1.11. The van der Waals surface area contributed by atoms with Gasteiger partial charge in [0.05, 0.1) is 16.8 Å². The Kier molecular flexibility index (Phi) is 4.16. The molecule has 25 heavy (non-hydrogen) atoms. The van der Waals surface area contributed by atoms with Gasteiger partial charge in [-0.1, -0.05) is 54.0 Å². The van der Waals surface area contributed by atoms with Crippen molar-refractivity contribution in [2.45, 2.75) is 38.6 Å². The van der Waals surface area contributed by atoms with Crippen LogP contribution in [0, 0.1) is 0 Å². The molecule has 4 rings (SSSR count). The second-order valence-electron chi connectivity index (χ2n) is 6.66. The third-order valence-electron chi connectivity index (χ3n) is 5.24. The molecule has 0 N–H and O–H groups in total. The Morgan fingerprint density at radius 2 is 1.80 bits per heavy atom. The van der Waals surface area contributed by atoms with Crippen LogP contribution in [0.15, 0.2) is 58.0 Å². The summed E-state index contributed by atoms with van der Waals surface area (Å²) in [5.74, 6) is 0. The van der Waals surface area contributed by atoms with Gasteiger partial charge in [0, 0.05) is 15.4 Å². The summed E-state index contributed by atoms with van der Waals surface area (Å²) in [5.41, 5.74) is 5.18. The van der Waals surface area contributed by atoms with Crippen LogP contribution in [0.2, 0.25) is 0 Å². The van der Waals surface area contributed by atoms with E-state index in [2.05, 4.69) is 70.3 Å². The molecule has 0 radical (unpaired) electrons. The molecule has 0 aliphatic carbocycles. The van der Waals surface area contributed by atoms with Crippen molar-refractivity contribution in [3.63, 3.8) is 0 Å². The predicted octanol–water partition coefficient (Wildman–Crippen LogP) is 5.34. The number of nitrogens with zero attached hydrogens (tertiary/aromatic N) is 3. The SMILES string of the molecule is CCC1(CC)Cc2cc(Br)ccc2C(c2cc3ccccc3nn2)=N1. The van der Waals surface area contributed by atoms with Crippen molar-refractivity contribution in [3.05, 3.63) is 69.8 Å². The number of benzene rings is 2. The van der Waals surface area contributed by atoms with Gasteiger partial charge in [0.15, 0.2) is 0 Å². The highest BCUT2D eigenvalue weighted by Gasteiger charge is 2.33. The van der Waals surface area contributed by atoms with E-state index in [0.29, 0.717) is 0 Å². The number of hydrogen-bond acceptors (Lipinski definition) is 3. The minimum absolute atomic E-state index is 0.0591. The zero-order valence-corrected chi connectivity index (χ0v) is 16.0. The topological polar surface area (TPSA) is 38.1 Å². The zero-order chi connectivity index (χ0) is 17.4. The number of hydrogen-bond donors (Lipinski definition) is 0. The van der Waals surface area contributed by atoms with Gasteiger partial charge in [-0.2, -0.15) is 0 Å². The summed E-state index contributed by atoms with van der Waals surface area (Å²) in [5, 5.41) is 10.00. The van der Waals surface area contributed by atoms with Crippen LogP contribution >= 0.6 is 15.9 Å². The molecule has 0 spiro atoms. The first-order chi connectivity index (χ1) is 12.1. The van der Waals surface area contributed by atoms with Crippen molar-refractivity contribution < 1.29 is 0 Å². The minimum Gasteiger partial charge on any atom is -0.275 e. The van der Waals surface area contributed by atoms with Gasteiger partial charge in [0.1, 0.15) is 5.69 Å². The Morgan fingerprint density at radius 1 is 1.00 bits per heavy atom. The van der Waals surface area contributed by atoms with Crippen LogP contribution in [-0.2, 0) is 6.42 Å². The van der Waals surface area contributed by atoms with Crippen molar-refractivity contribution >= 4 is 32.5 Å². The lowest BCUT2D eigenvalue weighted by Crippen LogP contribution is -2.34. The van der Waals surface area contributed by atoms with Gasteiger partial charge in [0.25, 0.3) is 0 Å². The third-order valence-corrected chi connectivity index (χ3v) is 5.74. The first kappa shape index (κ1) is 16.4. The molecule has 1 aromatic heterocycles. The van der Waals surface area contributed by atoms with E-state index in [1.54, 1.807) is 0 Å². The summed E-state index contributed by atoms with van der Waals surface area (Å²) in [6, 6.07) is 16.6. The van der Waals surface area contributed by atoms with E-state index in [-0.39, 0.29) is 5.54 Å². The summed E-state index contributed by atoms with van der Waals surface area (Å²) in [6.45, 7) is 4.44. The average molecular weight is 394 g/mol. The fraction of sp³-hybridized carbons (Fsp3) is 0.286. The van der Waals surface area contributed by atoms with E-state index in [1.807, 2.05) is 18.2 Å². The van der Waals surface area contributed by atoms with Gasteiger partial charge in [-0.3, -0.25) is 4.99 Å². The van der Waals surface area contributed by atoms with Crippen molar-refractivity contribution in [3.8, 4) is 0 Å². The maximum Gasteiger partial charge on any atom is 0.112 e. The predicted molar refractivity (Wildman–Crippen MR) is 106 cm³/mol. The summed E-state index contributed by atoms with van der Waals surface area (Å²) >= 11 is 3.61. The largest absolute Gasteiger partial charge is 0.275 e. The van der Waals surface area contributed by atoms with E-state index >= 15 is 0 Å². The zero-order valence-electron chi connectivity index (χ0n) is 14.5. The lowest BCUT2D eigenvalue weighted by molar-refractivity contribution is 0.392. The number of aliphatic imine (C=N–C) groups is 1. The molecule has 0 saturated carbocycles. The third kappa shape index (κ3) is 2.89. The van der Waals surface area contributed by atoms with Gasteiger partial charge in [0.2, 0.25) is 0 Å². The van der Waals surface area contributed by atoms with Gasteiger partial charge >= 0.3 is 0 Å². The van der Waals surface area contributed by atoms with Gasteiger partial charge in [-0.05, 0) is 49.1 Å². The van der Waals surface area contributed by atoms with Crippen LogP contribution < -0.4 is 0 Å². The quantitative estimate of drug-likeness (QED) is 0.601. The molecular weight excluding hydrogens is 374 g/mol. The maximum atomic E-state index is 5.20. The molecule has 2 aromatic carbocycles. The Bertz CT molecular complexity index is 974. The van der Waals surface area contributed by atoms with Gasteiger partial charge < -0.3 is 0 Å². The fourth-order valence-electron chi connectivity index (χ4n) is 3.58. The van der Waals surface area contributed by atoms with E-state index in [4.69, 9.17) is 4.99 Å². The lowest BCUT2D eigenvalue weighted by Gasteiger charge is -2.34. The highest BCUT2D eigenvalue weighted by Crippen LogP contribution is 2.35. The van der Waals surface area contributed by atoms with Crippen molar-refractivity contribution in [2.75, 3.05) is 0 Å². The number of fused-ring (bicyclic) bond motifs is 2. The first-order valence-corrected chi connectivity index (χ1v) is 9.55. The van der Waals surface area contributed by atoms with Crippen molar-refractivity contribution in [1.29, 1.82) is 0 Å².